The molecule has 0 aliphatic rings. The number of hydrogen-bond acceptors (Lipinski definition) is 5. The highest BCUT2D eigenvalue weighted by atomic mass is 16.5. The molecular weight excluding hydrogens is 326 g/mol. The monoisotopic (exact) mass is 351 g/mol. The van der Waals surface area contributed by atoms with Crippen molar-refractivity contribution in [3.05, 3.63) is 54.9 Å². The molecule has 0 amide bonds. The van der Waals surface area contributed by atoms with Crippen LogP contribution in [0.3, 0.4) is 0 Å². The highest BCUT2D eigenvalue weighted by Gasteiger charge is 2.02. The van der Waals surface area contributed by atoms with Gasteiger partial charge in [-0.25, -0.2) is 9.97 Å². The molecule has 3 rings (SSSR count). The first-order valence-electron chi connectivity index (χ1n) is 9.07. The average molecular weight is 351 g/mol. The summed E-state index contributed by atoms with van der Waals surface area (Å²) >= 11 is 0. The summed E-state index contributed by atoms with van der Waals surface area (Å²) in [5.74, 6) is 2.60. The minimum absolute atomic E-state index is 0.733. The van der Waals surface area contributed by atoms with Gasteiger partial charge < -0.3 is 14.8 Å². The lowest BCUT2D eigenvalue weighted by atomic mass is 10.2. The number of ether oxygens (including phenoxy) is 2. The molecule has 0 unspecified atom stereocenters. The predicted molar refractivity (Wildman–Crippen MR) is 105 cm³/mol. The molecular formula is C21H25N3O2. The Labute approximate surface area is 154 Å². The number of anilines is 1. The van der Waals surface area contributed by atoms with Crippen molar-refractivity contribution < 1.29 is 9.47 Å². The molecule has 0 spiro atoms. The van der Waals surface area contributed by atoms with Crippen molar-refractivity contribution in [3.8, 4) is 11.5 Å². The summed E-state index contributed by atoms with van der Waals surface area (Å²) in [6.45, 7) is 1.65. The van der Waals surface area contributed by atoms with Crippen LogP contribution in [0.2, 0.25) is 0 Å². The summed E-state index contributed by atoms with van der Waals surface area (Å²) < 4.78 is 11.0. The molecule has 136 valence electrons. The highest BCUT2D eigenvalue weighted by Crippen LogP contribution is 2.20. The second-order valence-corrected chi connectivity index (χ2v) is 6.11. The molecule has 0 atom stereocenters. The van der Waals surface area contributed by atoms with Crippen molar-refractivity contribution in [3.63, 3.8) is 0 Å². The normalized spacial score (nSPS) is 10.7. The van der Waals surface area contributed by atoms with Crippen LogP contribution in [0.1, 0.15) is 25.7 Å². The van der Waals surface area contributed by atoms with E-state index in [9.17, 15) is 0 Å². The molecule has 0 fully saturated rings. The van der Waals surface area contributed by atoms with Gasteiger partial charge in [-0.3, -0.25) is 0 Å². The lowest BCUT2D eigenvalue weighted by Gasteiger charge is -2.09. The van der Waals surface area contributed by atoms with Crippen molar-refractivity contribution in [1.29, 1.82) is 0 Å². The number of benzene rings is 2. The molecule has 0 aliphatic heterocycles. The van der Waals surface area contributed by atoms with Crippen molar-refractivity contribution in [2.75, 3.05) is 25.6 Å². The van der Waals surface area contributed by atoms with E-state index < -0.39 is 0 Å². The van der Waals surface area contributed by atoms with E-state index >= 15 is 0 Å². The number of methoxy groups -OCH3 is 1. The summed E-state index contributed by atoms with van der Waals surface area (Å²) in [7, 11) is 1.66. The van der Waals surface area contributed by atoms with Gasteiger partial charge in [-0.05, 0) is 37.1 Å². The lowest BCUT2D eigenvalue weighted by molar-refractivity contribution is 0.302. The van der Waals surface area contributed by atoms with E-state index in [1.807, 2.05) is 48.5 Å². The number of nitrogens with zero attached hydrogens (tertiary/aromatic N) is 2. The van der Waals surface area contributed by atoms with Crippen LogP contribution in [0.15, 0.2) is 54.9 Å². The van der Waals surface area contributed by atoms with Crippen LogP contribution < -0.4 is 14.8 Å². The van der Waals surface area contributed by atoms with Crippen molar-refractivity contribution in [1.82, 2.24) is 9.97 Å². The average Bonchev–Trinajstić information content (AvgIpc) is 2.70. The molecule has 1 N–H and O–H groups in total. The Morgan fingerprint density at radius 2 is 1.73 bits per heavy atom. The first-order valence-corrected chi connectivity index (χ1v) is 9.07. The first kappa shape index (κ1) is 18.0. The summed E-state index contributed by atoms with van der Waals surface area (Å²) in [5.41, 5.74) is 0.972. The number of para-hydroxylation sites is 1. The molecule has 0 bridgehead atoms. The van der Waals surface area contributed by atoms with Gasteiger partial charge in [-0.2, -0.15) is 0 Å². The lowest BCUT2D eigenvalue weighted by Crippen LogP contribution is -2.04. The maximum atomic E-state index is 5.76. The van der Waals surface area contributed by atoms with E-state index in [0.29, 0.717) is 0 Å². The molecule has 1 heterocycles. The van der Waals surface area contributed by atoms with Crippen molar-refractivity contribution in [2.45, 2.75) is 25.7 Å². The van der Waals surface area contributed by atoms with E-state index in [1.165, 1.54) is 0 Å². The summed E-state index contributed by atoms with van der Waals surface area (Å²) in [6.07, 6.45) is 6.08. The second kappa shape index (κ2) is 9.61. The molecule has 26 heavy (non-hydrogen) atoms. The van der Waals surface area contributed by atoms with Gasteiger partial charge in [-0.15, -0.1) is 0 Å². The minimum Gasteiger partial charge on any atom is -0.497 e. The third-order valence-electron chi connectivity index (χ3n) is 4.22. The highest BCUT2D eigenvalue weighted by molar-refractivity contribution is 5.88. The Hall–Kier alpha value is -2.82. The van der Waals surface area contributed by atoms with E-state index in [4.69, 9.17) is 9.47 Å². The fourth-order valence-electron chi connectivity index (χ4n) is 2.81. The Kier molecular flexibility index (Phi) is 6.65. The standard InChI is InChI=1S/C21H25N3O2/c1-25-17-9-8-10-18(15-17)26-14-7-3-2-6-13-22-21-19-11-4-5-12-20(19)23-16-24-21/h4-5,8-12,15-16H,2-3,6-7,13-14H2,1H3,(H,22,23,24). The zero-order valence-corrected chi connectivity index (χ0v) is 15.1. The SMILES string of the molecule is COc1cccc(OCCCCCCNc2ncnc3ccccc23)c1. The molecule has 2 aromatic carbocycles. The minimum atomic E-state index is 0.733. The van der Waals surface area contributed by atoms with Crippen LogP contribution >= 0.6 is 0 Å². The van der Waals surface area contributed by atoms with Gasteiger partial charge in [0.05, 0.1) is 19.2 Å². The molecule has 0 radical (unpaired) electrons. The quantitative estimate of drug-likeness (QED) is 0.537. The van der Waals surface area contributed by atoms with Crippen LogP contribution in [0.25, 0.3) is 10.9 Å². The van der Waals surface area contributed by atoms with Crippen molar-refractivity contribution in [2.24, 2.45) is 0 Å². The molecule has 1 aromatic heterocycles. The van der Waals surface area contributed by atoms with Crippen LogP contribution in [0, 0.1) is 0 Å². The van der Waals surface area contributed by atoms with Crippen LogP contribution in [0.4, 0.5) is 5.82 Å². The van der Waals surface area contributed by atoms with E-state index in [1.54, 1.807) is 13.4 Å². The Balaban J connectivity index is 1.31. The number of rotatable bonds is 10. The number of nitrogens with one attached hydrogen (secondary N) is 1. The largest absolute Gasteiger partial charge is 0.497 e. The first-order chi connectivity index (χ1) is 12.9. The Bertz CT molecular complexity index is 818. The van der Waals surface area contributed by atoms with Gasteiger partial charge in [0.15, 0.2) is 0 Å². The van der Waals surface area contributed by atoms with Crippen LogP contribution in [-0.2, 0) is 0 Å². The van der Waals surface area contributed by atoms with Crippen LogP contribution in [0.5, 0.6) is 11.5 Å². The maximum absolute atomic E-state index is 5.76. The molecule has 5 heteroatoms. The third kappa shape index (κ3) is 5.09. The maximum Gasteiger partial charge on any atom is 0.137 e. The fourth-order valence-corrected chi connectivity index (χ4v) is 2.81. The van der Waals surface area contributed by atoms with Gasteiger partial charge in [0, 0.05) is 18.0 Å². The van der Waals surface area contributed by atoms with E-state index in [0.717, 1.165) is 67.1 Å². The fraction of sp³-hybridized carbons (Fsp3) is 0.333. The number of hydrogen-bond donors (Lipinski definition) is 1. The van der Waals surface area contributed by atoms with Gasteiger partial charge in [0.1, 0.15) is 23.6 Å². The summed E-state index contributed by atoms with van der Waals surface area (Å²) in [4.78, 5) is 8.63. The third-order valence-corrected chi connectivity index (χ3v) is 4.22. The second-order valence-electron chi connectivity index (χ2n) is 6.11. The zero-order chi connectivity index (χ0) is 18.0. The predicted octanol–water partition coefficient (Wildman–Crippen LogP) is 4.69. The summed E-state index contributed by atoms with van der Waals surface area (Å²) in [5, 5.41) is 4.49. The van der Waals surface area contributed by atoms with Crippen LogP contribution in [-0.4, -0.2) is 30.2 Å². The molecule has 0 saturated carbocycles. The molecule has 0 aliphatic carbocycles. The Morgan fingerprint density at radius 3 is 2.65 bits per heavy atom. The Morgan fingerprint density at radius 1 is 0.885 bits per heavy atom. The van der Waals surface area contributed by atoms with Crippen molar-refractivity contribution >= 4 is 16.7 Å². The van der Waals surface area contributed by atoms with E-state index in [2.05, 4.69) is 15.3 Å². The number of fused-ring (bicyclic) bond motifs is 1. The van der Waals surface area contributed by atoms with E-state index in [-0.39, 0.29) is 0 Å². The smallest absolute Gasteiger partial charge is 0.137 e. The number of aromatic nitrogens is 2. The van der Waals surface area contributed by atoms with Gasteiger partial charge >= 0.3 is 0 Å². The zero-order valence-electron chi connectivity index (χ0n) is 15.1. The summed E-state index contributed by atoms with van der Waals surface area (Å²) in [6, 6.07) is 15.8. The van der Waals surface area contributed by atoms with Gasteiger partial charge in [0.2, 0.25) is 0 Å². The van der Waals surface area contributed by atoms with Gasteiger partial charge in [0.25, 0.3) is 0 Å². The molecule has 5 nitrogen and oxygen atoms in total. The van der Waals surface area contributed by atoms with Gasteiger partial charge in [-0.1, -0.05) is 31.0 Å². The topological polar surface area (TPSA) is 56.3 Å². The number of unbranched alkanes of at least 4 members (excludes halogenated alkanes) is 3. The molecule has 0 saturated heterocycles. The molecule has 3 aromatic rings.